The van der Waals surface area contributed by atoms with Crippen LogP contribution in [0.25, 0.3) is 5.69 Å². The Morgan fingerprint density at radius 2 is 1.94 bits per heavy atom. The summed E-state index contributed by atoms with van der Waals surface area (Å²) in [6.45, 7) is 1.55. The molecular formula is C11H12ClN3O. The van der Waals surface area contributed by atoms with E-state index in [1.165, 1.54) is 0 Å². The summed E-state index contributed by atoms with van der Waals surface area (Å²) in [5, 5.41) is 0. The number of hydrogen-bond acceptors (Lipinski definition) is 3. The van der Waals surface area contributed by atoms with Crippen molar-refractivity contribution < 1.29 is 4.79 Å². The van der Waals surface area contributed by atoms with E-state index in [9.17, 15) is 4.79 Å². The van der Waals surface area contributed by atoms with Gasteiger partial charge >= 0.3 is 0 Å². The molecule has 0 saturated carbocycles. The van der Waals surface area contributed by atoms with Gasteiger partial charge in [0.2, 0.25) is 0 Å². The van der Waals surface area contributed by atoms with E-state index in [4.69, 9.17) is 5.73 Å². The first-order valence-corrected chi connectivity index (χ1v) is 4.57. The van der Waals surface area contributed by atoms with Crippen molar-refractivity contribution >= 4 is 24.0 Å². The van der Waals surface area contributed by atoms with Crippen LogP contribution in [0.4, 0.5) is 5.82 Å². The van der Waals surface area contributed by atoms with Crippen molar-refractivity contribution in [3.63, 3.8) is 0 Å². The molecule has 5 heteroatoms. The molecule has 0 spiro atoms. The molecule has 1 heterocycles. The van der Waals surface area contributed by atoms with Gasteiger partial charge in [0.05, 0.1) is 6.20 Å². The fraction of sp³-hybridized carbons (Fsp3) is 0.0909. The van der Waals surface area contributed by atoms with Crippen LogP contribution in [0.1, 0.15) is 17.3 Å². The Morgan fingerprint density at radius 3 is 2.38 bits per heavy atom. The third kappa shape index (κ3) is 2.41. The van der Waals surface area contributed by atoms with Gasteiger partial charge in [-0.15, -0.1) is 12.4 Å². The maximum Gasteiger partial charge on any atom is 0.159 e. The molecule has 2 rings (SSSR count). The number of Topliss-reactive ketones (excluding diaryl/α,β-unsaturated/α-hetero) is 1. The Morgan fingerprint density at radius 1 is 1.31 bits per heavy atom. The molecule has 0 unspecified atom stereocenters. The first-order valence-electron chi connectivity index (χ1n) is 4.57. The highest BCUT2D eigenvalue weighted by atomic mass is 35.5. The van der Waals surface area contributed by atoms with Crippen molar-refractivity contribution in [1.29, 1.82) is 0 Å². The molecule has 0 saturated heterocycles. The number of nitrogens with two attached hydrogens (primary N) is 1. The van der Waals surface area contributed by atoms with Gasteiger partial charge in [0, 0.05) is 11.3 Å². The van der Waals surface area contributed by atoms with Gasteiger partial charge in [-0.05, 0) is 31.2 Å². The standard InChI is InChI=1S/C11H11N3O.ClH/c1-8(15)9-2-4-10(5-3-9)14-6-11(12)13-7-14;/h2-7H,12H2,1H3;1H. The number of aromatic nitrogens is 2. The summed E-state index contributed by atoms with van der Waals surface area (Å²) in [5.41, 5.74) is 7.14. The molecule has 0 bridgehead atoms. The van der Waals surface area contributed by atoms with Gasteiger partial charge in [-0.1, -0.05) is 0 Å². The first-order chi connectivity index (χ1) is 7.16. The number of nitrogens with zero attached hydrogens (tertiary/aromatic N) is 2. The van der Waals surface area contributed by atoms with Gasteiger partial charge in [-0.2, -0.15) is 0 Å². The Bertz CT molecular complexity index is 490. The second-order valence-corrected chi connectivity index (χ2v) is 3.31. The van der Waals surface area contributed by atoms with E-state index in [2.05, 4.69) is 4.98 Å². The normalized spacial score (nSPS) is 9.56. The number of benzene rings is 1. The van der Waals surface area contributed by atoms with Crippen LogP contribution in [-0.4, -0.2) is 15.3 Å². The molecule has 0 aliphatic heterocycles. The number of carbonyl (C=O) groups is 1. The molecule has 2 aromatic rings. The number of halogens is 1. The number of imidazole rings is 1. The molecule has 2 N–H and O–H groups in total. The molecule has 84 valence electrons. The van der Waals surface area contributed by atoms with E-state index >= 15 is 0 Å². The van der Waals surface area contributed by atoms with Crippen LogP contribution in [0.5, 0.6) is 0 Å². The van der Waals surface area contributed by atoms with Gasteiger partial charge in [0.1, 0.15) is 12.1 Å². The summed E-state index contributed by atoms with van der Waals surface area (Å²) in [7, 11) is 0. The van der Waals surface area contributed by atoms with Crippen LogP contribution in [0.3, 0.4) is 0 Å². The van der Waals surface area contributed by atoms with E-state index in [0.717, 1.165) is 5.69 Å². The summed E-state index contributed by atoms with van der Waals surface area (Å²) >= 11 is 0. The zero-order valence-corrected chi connectivity index (χ0v) is 9.57. The second kappa shape index (κ2) is 4.81. The Kier molecular flexibility index (Phi) is 3.68. The summed E-state index contributed by atoms with van der Waals surface area (Å²) in [6, 6.07) is 7.29. The van der Waals surface area contributed by atoms with Gasteiger partial charge in [-0.25, -0.2) is 4.98 Å². The lowest BCUT2D eigenvalue weighted by Crippen LogP contribution is -1.94. The molecule has 4 nitrogen and oxygen atoms in total. The maximum atomic E-state index is 11.1. The van der Waals surface area contributed by atoms with Crippen LogP contribution in [0, 0.1) is 0 Å². The Hall–Kier alpha value is -1.81. The monoisotopic (exact) mass is 237 g/mol. The number of carbonyl (C=O) groups excluding carboxylic acids is 1. The van der Waals surface area contributed by atoms with Crippen LogP contribution in [-0.2, 0) is 0 Å². The fourth-order valence-corrected chi connectivity index (χ4v) is 1.35. The Balaban J connectivity index is 0.00000128. The van der Waals surface area contributed by atoms with Crippen LogP contribution in [0.15, 0.2) is 36.8 Å². The van der Waals surface area contributed by atoms with E-state index in [0.29, 0.717) is 11.4 Å². The quantitative estimate of drug-likeness (QED) is 0.814. The van der Waals surface area contributed by atoms with Crippen LogP contribution in [0.2, 0.25) is 0 Å². The van der Waals surface area contributed by atoms with Crippen molar-refractivity contribution in [3.05, 3.63) is 42.4 Å². The highest BCUT2D eigenvalue weighted by molar-refractivity contribution is 5.94. The predicted octanol–water partition coefficient (Wildman–Crippen LogP) is 2.08. The average Bonchev–Trinajstić information content (AvgIpc) is 2.65. The van der Waals surface area contributed by atoms with Gasteiger partial charge in [0.25, 0.3) is 0 Å². The third-order valence-corrected chi connectivity index (χ3v) is 2.17. The SMILES string of the molecule is CC(=O)c1ccc(-n2cnc(N)c2)cc1.Cl. The number of ketones is 1. The molecule has 1 aromatic heterocycles. The fourth-order valence-electron chi connectivity index (χ4n) is 1.35. The highest BCUT2D eigenvalue weighted by Crippen LogP contribution is 2.11. The number of nitrogen functional groups attached to an aromatic ring is 1. The minimum atomic E-state index is 0. The van der Waals surface area contributed by atoms with Crippen LogP contribution < -0.4 is 5.73 Å². The van der Waals surface area contributed by atoms with Crippen molar-refractivity contribution in [1.82, 2.24) is 9.55 Å². The number of rotatable bonds is 2. The zero-order chi connectivity index (χ0) is 10.8. The van der Waals surface area contributed by atoms with E-state index in [1.54, 1.807) is 36.1 Å². The molecule has 0 radical (unpaired) electrons. The van der Waals surface area contributed by atoms with Crippen molar-refractivity contribution in [2.45, 2.75) is 6.92 Å². The zero-order valence-electron chi connectivity index (χ0n) is 8.75. The molecule has 1 aromatic carbocycles. The number of hydrogen-bond donors (Lipinski definition) is 1. The van der Waals surface area contributed by atoms with Gasteiger partial charge in [0.15, 0.2) is 5.78 Å². The third-order valence-electron chi connectivity index (χ3n) is 2.17. The van der Waals surface area contributed by atoms with Crippen molar-refractivity contribution in [2.75, 3.05) is 5.73 Å². The van der Waals surface area contributed by atoms with Crippen LogP contribution >= 0.6 is 12.4 Å². The van der Waals surface area contributed by atoms with E-state index in [1.807, 2.05) is 12.1 Å². The Labute approximate surface area is 99.5 Å². The summed E-state index contributed by atoms with van der Waals surface area (Å²) in [4.78, 5) is 15.0. The predicted molar refractivity (Wildman–Crippen MR) is 65.2 cm³/mol. The lowest BCUT2D eigenvalue weighted by atomic mass is 10.1. The molecule has 0 aliphatic carbocycles. The minimum absolute atomic E-state index is 0. The average molecular weight is 238 g/mol. The summed E-state index contributed by atoms with van der Waals surface area (Å²) < 4.78 is 1.80. The first kappa shape index (κ1) is 12.3. The molecule has 16 heavy (non-hydrogen) atoms. The topological polar surface area (TPSA) is 60.9 Å². The van der Waals surface area contributed by atoms with E-state index < -0.39 is 0 Å². The summed E-state index contributed by atoms with van der Waals surface area (Å²) in [6.07, 6.45) is 3.36. The number of anilines is 1. The van der Waals surface area contributed by atoms with Crippen molar-refractivity contribution in [2.24, 2.45) is 0 Å². The van der Waals surface area contributed by atoms with Crippen molar-refractivity contribution in [3.8, 4) is 5.69 Å². The van der Waals surface area contributed by atoms with E-state index in [-0.39, 0.29) is 18.2 Å². The smallest absolute Gasteiger partial charge is 0.159 e. The maximum absolute atomic E-state index is 11.1. The minimum Gasteiger partial charge on any atom is -0.382 e. The molecular weight excluding hydrogens is 226 g/mol. The van der Waals surface area contributed by atoms with Gasteiger partial charge < -0.3 is 10.3 Å². The molecule has 0 aliphatic rings. The molecule has 0 amide bonds. The molecule has 0 atom stereocenters. The highest BCUT2D eigenvalue weighted by Gasteiger charge is 2.00. The largest absolute Gasteiger partial charge is 0.382 e. The van der Waals surface area contributed by atoms with Gasteiger partial charge in [-0.3, -0.25) is 4.79 Å². The lowest BCUT2D eigenvalue weighted by molar-refractivity contribution is 0.101. The second-order valence-electron chi connectivity index (χ2n) is 3.31. The lowest BCUT2D eigenvalue weighted by Gasteiger charge is -2.02. The molecule has 0 fully saturated rings. The summed E-state index contributed by atoms with van der Waals surface area (Å²) in [5.74, 6) is 0.539.